The van der Waals surface area contributed by atoms with Gasteiger partial charge in [-0.15, -0.1) is 0 Å². The third-order valence-corrected chi connectivity index (χ3v) is 5.78. The minimum Gasteiger partial charge on any atom is -0.378 e. The predicted octanol–water partition coefficient (Wildman–Crippen LogP) is 4.29. The van der Waals surface area contributed by atoms with E-state index in [4.69, 9.17) is 27.9 Å². The smallest absolute Gasteiger partial charge is 0.257 e. The molecule has 0 spiro atoms. The van der Waals surface area contributed by atoms with Crippen LogP contribution in [-0.4, -0.2) is 36.8 Å². The molecule has 0 atom stereocenters. The van der Waals surface area contributed by atoms with Gasteiger partial charge in [-0.05, 0) is 29.8 Å². The van der Waals surface area contributed by atoms with Crippen molar-refractivity contribution < 1.29 is 9.53 Å². The van der Waals surface area contributed by atoms with Gasteiger partial charge >= 0.3 is 0 Å². The van der Waals surface area contributed by atoms with E-state index in [0.717, 1.165) is 11.3 Å². The average Bonchev–Trinajstić information content (AvgIpc) is 2.77. The number of anilines is 2. The molecular weight excluding hydrogens is 437 g/mol. The molecule has 1 aliphatic rings. The van der Waals surface area contributed by atoms with Crippen LogP contribution >= 0.6 is 23.2 Å². The lowest BCUT2D eigenvalue weighted by molar-refractivity contribution is 0.102. The highest BCUT2D eigenvalue weighted by Crippen LogP contribution is 2.34. The molecule has 8 heteroatoms. The summed E-state index contributed by atoms with van der Waals surface area (Å²) in [5.41, 5.74) is 2.33. The monoisotopic (exact) mass is 457 g/mol. The third kappa shape index (κ3) is 4.93. The van der Waals surface area contributed by atoms with Crippen molar-refractivity contribution in [2.75, 3.05) is 36.5 Å². The van der Waals surface area contributed by atoms with E-state index in [-0.39, 0.29) is 18.0 Å². The Balaban J connectivity index is 1.59. The lowest BCUT2D eigenvalue weighted by atomic mass is 10.2. The minimum absolute atomic E-state index is 0.215. The summed E-state index contributed by atoms with van der Waals surface area (Å²) in [6.07, 6.45) is 1.54. The number of hydrogen-bond donors (Lipinski definition) is 1. The van der Waals surface area contributed by atoms with Gasteiger partial charge in [0.25, 0.3) is 11.5 Å². The zero-order chi connectivity index (χ0) is 21.8. The fraction of sp³-hybridized carbons (Fsp3) is 0.217. The number of nitrogens with zero attached hydrogens (tertiary/aromatic N) is 2. The summed E-state index contributed by atoms with van der Waals surface area (Å²) >= 11 is 12.7. The van der Waals surface area contributed by atoms with Crippen molar-refractivity contribution in [3.05, 3.63) is 92.3 Å². The number of morpholine rings is 1. The van der Waals surface area contributed by atoms with Gasteiger partial charge < -0.3 is 19.5 Å². The molecule has 1 saturated heterocycles. The number of amides is 1. The predicted molar refractivity (Wildman–Crippen MR) is 124 cm³/mol. The SMILES string of the molecule is O=C(Nc1cccc(Cl)c1N1CCOCC1)c1ccc(=O)n(Cc2ccccc2Cl)c1. The third-order valence-electron chi connectivity index (χ3n) is 5.11. The maximum Gasteiger partial charge on any atom is 0.257 e. The molecule has 2 aromatic carbocycles. The molecule has 4 rings (SSSR count). The second-order valence-corrected chi connectivity index (χ2v) is 7.98. The van der Waals surface area contributed by atoms with Crippen LogP contribution < -0.4 is 15.8 Å². The highest BCUT2D eigenvalue weighted by Gasteiger charge is 2.19. The van der Waals surface area contributed by atoms with Crippen LogP contribution in [0.5, 0.6) is 0 Å². The van der Waals surface area contributed by atoms with Gasteiger partial charge in [0.05, 0.1) is 41.7 Å². The summed E-state index contributed by atoms with van der Waals surface area (Å²) in [5, 5.41) is 4.07. The van der Waals surface area contributed by atoms with E-state index in [0.29, 0.717) is 47.6 Å². The van der Waals surface area contributed by atoms with E-state index in [1.54, 1.807) is 24.4 Å². The fourth-order valence-electron chi connectivity index (χ4n) is 3.52. The van der Waals surface area contributed by atoms with Crippen LogP contribution in [0, 0.1) is 0 Å². The molecule has 0 aliphatic carbocycles. The number of aromatic nitrogens is 1. The standard InChI is InChI=1S/C23H21Cl2N3O3/c24-18-5-2-1-4-16(18)14-28-15-17(8-9-21(28)29)23(30)26-20-7-3-6-19(25)22(20)27-10-12-31-13-11-27/h1-9,15H,10-14H2,(H,26,30). The van der Waals surface area contributed by atoms with Crippen molar-refractivity contribution in [3.63, 3.8) is 0 Å². The van der Waals surface area contributed by atoms with Crippen LogP contribution in [0.15, 0.2) is 65.6 Å². The lowest BCUT2D eigenvalue weighted by Gasteiger charge is -2.31. The first-order chi connectivity index (χ1) is 15.0. The Hall–Kier alpha value is -2.80. The summed E-state index contributed by atoms with van der Waals surface area (Å²) in [7, 11) is 0. The molecule has 1 aromatic heterocycles. The quantitative estimate of drug-likeness (QED) is 0.620. The number of pyridine rings is 1. The molecule has 0 bridgehead atoms. The number of nitrogens with one attached hydrogen (secondary N) is 1. The van der Waals surface area contributed by atoms with Gasteiger partial charge in [-0.1, -0.05) is 47.5 Å². The van der Waals surface area contributed by atoms with Gasteiger partial charge in [-0.3, -0.25) is 9.59 Å². The summed E-state index contributed by atoms with van der Waals surface area (Å²) in [4.78, 5) is 27.4. The first-order valence-electron chi connectivity index (χ1n) is 9.89. The molecule has 3 aromatic rings. The lowest BCUT2D eigenvalue weighted by Crippen LogP contribution is -2.37. The molecule has 1 amide bonds. The normalized spacial score (nSPS) is 13.8. The fourth-order valence-corrected chi connectivity index (χ4v) is 4.01. The number of hydrogen-bond acceptors (Lipinski definition) is 4. The van der Waals surface area contributed by atoms with Gasteiger partial charge in [0.2, 0.25) is 0 Å². The van der Waals surface area contributed by atoms with E-state index in [9.17, 15) is 9.59 Å². The van der Waals surface area contributed by atoms with Crippen molar-refractivity contribution in [1.29, 1.82) is 0 Å². The zero-order valence-corrected chi connectivity index (χ0v) is 18.2. The Bertz CT molecular complexity index is 1160. The van der Waals surface area contributed by atoms with E-state index < -0.39 is 0 Å². The highest BCUT2D eigenvalue weighted by atomic mass is 35.5. The van der Waals surface area contributed by atoms with Crippen LogP contribution in [0.25, 0.3) is 0 Å². The molecule has 6 nitrogen and oxygen atoms in total. The molecule has 0 saturated carbocycles. The summed E-state index contributed by atoms with van der Waals surface area (Å²) < 4.78 is 6.89. The van der Waals surface area contributed by atoms with Crippen LogP contribution in [0.4, 0.5) is 11.4 Å². The van der Waals surface area contributed by atoms with Crippen LogP contribution in [-0.2, 0) is 11.3 Å². The van der Waals surface area contributed by atoms with Gasteiger partial charge in [0.1, 0.15) is 0 Å². The van der Waals surface area contributed by atoms with Crippen LogP contribution in [0.1, 0.15) is 15.9 Å². The van der Waals surface area contributed by atoms with Crippen LogP contribution in [0.3, 0.4) is 0 Å². The molecule has 0 radical (unpaired) electrons. The van der Waals surface area contributed by atoms with Gasteiger partial charge in [-0.2, -0.15) is 0 Å². The second-order valence-electron chi connectivity index (χ2n) is 7.16. The molecule has 31 heavy (non-hydrogen) atoms. The Labute approximate surface area is 190 Å². The van der Waals surface area contributed by atoms with Gasteiger partial charge in [0.15, 0.2) is 0 Å². The number of ether oxygens (including phenoxy) is 1. The molecule has 1 fully saturated rings. The summed E-state index contributed by atoms with van der Waals surface area (Å²) in [5.74, 6) is -0.329. The van der Waals surface area contributed by atoms with E-state index >= 15 is 0 Å². The van der Waals surface area contributed by atoms with Crippen molar-refractivity contribution >= 4 is 40.5 Å². The number of carbonyl (C=O) groups excluding carboxylic acids is 1. The van der Waals surface area contributed by atoms with Crippen molar-refractivity contribution in [1.82, 2.24) is 4.57 Å². The topological polar surface area (TPSA) is 63.6 Å². The molecule has 160 valence electrons. The molecule has 0 unspecified atom stereocenters. The van der Waals surface area contributed by atoms with Crippen molar-refractivity contribution in [2.45, 2.75) is 6.54 Å². The average molecular weight is 458 g/mol. The Morgan fingerprint density at radius 3 is 2.48 bits per heavy atom. The first-order valence-corrected chi connectivity index (χ1v) is 10.6. The number of rotatable bonds is 5. The summed E-state index contributed by atoms with van der Waals surface area (Å²) in [6, 6.07) is 15.6. The number of para-hydroxylation sites is 1. The maximum atomic E-state index is 13.0. The second kappa shape index (κ2) is 9.56. The number of benzene rings is 2. The summed E-state index contributed by atoms with van der Waals surface area (Å²) in [6.45, 7) is 2.86. The maximum absolute atomic E-state index is 13.0. The van der Waals surface area contributed by atoms with E-state index in [1.807, 2.05) is 24.3 Å². The van der Waals surface area contributed by atoms with Gasteiger partial charge in [-0.25, -0.2) is 0 Å². The Morgan fingerprint density at radius 1 is 0.968 bits per heavy atom. The Kier molecular flexibility index (Phi) is 6.61. The molecule has 1 N–H and O–H groups in total. The Morgan fingerprint density at radius 2 is 1.71 bits per heavy atom. The van der Waals surface area contributed by atoms with E-state index in [2.05, 4.69) is 10.2 Å². The van der Waals surface area contributed by atoms with Gasteiger partial charge in [0, 0.05) is 30.4 Å². The van der Waals surface area contributed by atoms with E-state index in [1.165, 1.54) is 16.7 Å². The van der Waals surface area contributed by atoms with Crippen molar-refractivity contribution in [2.24, 2.45) is 0 Å². The molecule has 1 aliphatic heterocycles. The number of halogens is 2. The highest BCUT2D eigenvalue weighted by molar-refractivity contribution is 6.34. The largest absolute Gasteiger partial charge is 0.378 e. The molecular formula is C23H21Cl2N3O3. The van der Waals surface area contributed by atoms with Crippen molar-refractivity contribution in [3.8, 4) is 0 Å². The minimum atomic E-state index is -0.329. The zero-order valence-electron chi connectivity index (χ0n) is 16.7. The first kappa shape index (κ1) is 21.4. The van der Waals surface area contributed by atoms with Crippen LogP contribution in [0.2, 0.25) is 10.0 Å². The number of carbonyl (C=O) groups is 1. The molecule has 2 heterocycles.